The van der Waals surface area contributed by atoms with Crippen molar-refractivity contribution in [3.05, 3.63) is 35.6 Å². The van der Waals surface area contributed by atoms with Gasteiger partial charge >= 0.3 is 0 Å². The van der Waals surface area contributed by atoms with E-state index in [9.17, 15) is 9.18 Å². The summed E-state index contributed by atoms with van der Waals surface area (Å²) >= 11 is 0. The van der Waals surface area contributed by atoms with E-state index in [-0.39, 0.29) is 11.7 Å². The van der Waals surface area contributed by atoms with E-state index in [0.29, 0.717) is 25.7 Å². The molecule has 1 aliphatic carbocycles. The lowest BCUT2D eigenvalue weighted by molar-refractivity contribution is -0.122. The topological polar surface area (TPSA) is 32.3 Å². The maximum absolute atomic E-state index is 12.8. The molecule has 1 aromatic rings. The second kappa shape index (κ2) is 5.96. The van der Waals surface area contributed by atoms with Gasteiger partial charge in [-0.25, -0.2) is 4.39 Å². The van der Waals surface area contributed by atoms with Gasteiger partial charge in [0.1, 0.15) is 5.82 Å². The molecule has 0 heterocycles. The first-order valence-corrected chi connectivity index (χ1v) is 6.44. The molecule has 0 aliphatic heterocycles. The van der Waals surface area contributed by atoms with Gasteiger partial charge in [0, 0.05) is 19.1 Å². The number of amides is 1. The Balaban J connectivity index is 1.93. The van der Waals surface area contributed by atoms with Crippen LogP contribution in [0.1, 0.15) is 25.3 Å². The summed E-state index contributed by atoms with van der Waals surface area (Å²) in [7, 11) is 0. The quantitative estimate of drug-likeness (QED) is 0.836. The number of rotatable bonds is 6. The van der Waals surface area contributed by atoms with E-state index in [1.54, 1.807) is 12.1 Å². The molecule has 0 spiro atoms. The Kier molecular flexibility index (Phi) is 4.31. The van der Waals surface area contributed by atoms with Crippen LogP contribution in [0.25, 0.3) is 0 Å². The van der Waals surface area contributed by atoms with Gasteiger partial charge in [-0.2, -0.15) is 0 Å². The van der Waals surface area contributed by atoms with Crippen LogP contribution in [-0.2, 0) is 11.3 Å². The minimum absolute atomic E-state index is 0.0616. The molecule has 0 unspecified atom stereocenters. The normalized spacial score (nSPS) is 14.8. The number of hydrogen-bond donors (Lipinski definition) is 1. The Morgan fingerprint density at radius 1 is 1.39 bits per heavy atom. The van der Waals surface area contributed by atoms with E-state index < -0.39 is 0 Å². The average Bonchev–Trinajstić information content (AvgIpc) is 3.15. The SMILES string of the molecule is CCNC(=O)CN(Cc1ccc(F)cc1)C1CC1. The first-order chi connectivity index (χ1) is 8.69. The molecule has 0 atom stereocenters. The highest BCUT2D eigenvalue weighted by Gasteiger charge is 2.30. The first-order valence-electron chi connectivity index (χ1n) is 6.44. The number of nitrogens with one attached hydrogen (secondary N) is 1. The zero-order valence-electron chi connectivity index (χ0n) is 10.7. The molecule has 1 aromatic carbocycles. The van der Waals surface area contributed by atoms with Crippen molar-refractivity contribution in [1.29, 1.82) is 0 Å². The first kappa shape index (κ1) is 13.0. The minimum Gasteiger partial charge on any atom is -0.355 e. The third-order valence-corrected chi connectivity index (χ3v) is 3.08. The summed E-state index contributed by atoms with van der Waals surface area (Å²) in [5.41, 5.74) is 1.05. The van der Waals surface area contributed by atoms with E-state index >= 15 is 0 Å². The Morgan fingerprint density at radius 2 is 2.06 bits per heavy atom. The van der Waals surface area contributed by atoms with Crippen LogP contribution in [0, 0.1) is 5.82 Å². The zero-order valence-corrected chi connectivity index (χ0v) is 10.7. The Hall–Kier alpha value is -1.42. The summed E-state index contributed by atoms with van der Waals surface area (Å²) in [6.45, 7) is 3.71. The fraction of sp³-hybridized carbons (Fsp3) is 0.500. The van der Waals surface area contributed by atoms with Gasteiger partial charge in [-0.3, -0.25) is 9.69 Å². The van der Waals surface area contributed by atoms with Crippen LogP contribution in [0.2, 0.25) is 0 Å². The molecule has 3 nitrogen and oxygen atoms in total. The summed E-state index contributed by atoms with van der Waals surface area (Å²) < 4.78 is 12.8. The predicted octanol–water partition coefficient (Wildman–Crippen LogP) is 1.93. The van der Waals surface area contributed by atoms with Crippen LogP contribution >= 0.6 is 0 Å². The molecule has 1 amide bonds. The molecule has 4 heteroatoms. The maximum Gasteiger partial charge on any atom is 0.234 e. The Labute approximate surface area is 107 Å². The molecular formula is C14H19FN2O. The van der Waals surface area contributed by atoms with Crippen LogP contribution in [0.3, 0.4) is 0 Å². The number of likely N-dealkylation sites (N-methyl/N-ethyl adjacent to an activating group) is 1. The fourth-order valence-corrected chi connectivity index (χ4v) is 2.02. The van der Waals surface area contributed by atoms with Crippen LogP contribution in [-0.4, -0.2) is 29.9 Å². The van der Waals surface area contributed by atoms with Crippen LogP contribution < -0.4 is 5.32 Å². The van der Waals surface area contributed by atoms with Crippen molar-refractivity contribution in [2.45, 2.75) is 32.4 Å². The molecule has 1 fully saturated rings. The largest absolute Gasteiger partial charge is 0.355 e. The highest BCUT2D eigenvalue weighted by molar-refractivity contribution is 5.78. The molecule has 1 saturated carbocycles. The van der Waals surface area contributed by atoms with Crippen molar-refractivity contribution in [2.75, 3.05) is 13.1 Å². The summed E-state index contributed by atoms with van der Waals surface area (Å²) in [5, 5.41) is 2.81. The number of nitrogens with zero attached hydrogens (tertiary/aromatic N) is 1. The van der Waals surface area contributed by atoms with Gasteiger partial charge in [-0.15, -0.1) is 0 Å². The van der Waals surface area contributed by atoms with Crippen molar-refractivity contribution < 1.29 is 9.18 Å². The van der Waals surface area contributed by atoms with Crippen molar-refractivity contribution in [2.24, 2.45) is 0 Å². The minimum atomic E-state index is -0.222. The second-order valence-corrected chi connectivity index (χ2v) is 4.72. The van der Waals surface area contributed by atoms with E-state index in [0.717, 1.165) is 18.4 Å². The zero-order chi connectivity index (χ0) is 13.0. The van der Waals surface area contributed by atoms with Gasteiger partial charge in [0.15, 0.2) is 0 Å². The molecule has 18 heavy (non-hydrogen) atoms. The maximum atomic E-state index is 12.8. The molecule has 98 valence electrons. The van der Waals surface area contributed by atoms with Gasteiger partial charge in [-0.05, 0) is 37.5 Å². The third kappa shape index (κ3) is 3.81. The van der Waals surface area contributed by atoms with Crippen LogP contribution in [0.5, 0.6) is 0 Å². The standard InChI is InChI=1S/C14H19FN2O/c1-2-16-14(18)10-17(13-7-8-13)9-11-3-5-12(15)6-4-11/h3-6,13H,2,7-10H2,1H3,(H,16,18). The van der Waals surface area contributed by atoms with Crippen molar-refractivity contribution in [1.82, 2.24) is 10.2 Å². The number of hydrogen-bond acceptors (Lipinski definition) is 2. The monoisotopic (exact) mass is 250 g/mol. The molecule has 1 N–H and O–H groups in total. The molecule has 2 rings (SSSR count). The summed E-state index contributed by atoms with van der Waals surface area (Å²) in [6.07, 6.45) is 2.31. The van der Waals surface area contributed by atoms with Gasteiger partial charge in [0.2, 0.25) is 5.91 Å². The molecule has 0 radical (unpaired) electrons. The van der Waals surface area contributed by atoms with E-state index in [2.05, 4.69) is 10.2 Å². The summed E-state index contributed by atoms with van der Waals surface area (Å²) in [4.78, 5) is 13.8. The van der Waals surface area contributed by atoms with Crippen molar-refractivity contribution in [3.8, 4) is 0 Å². The lowest BCUT2D eigenvalue weighted by Crippen LogP contribution is -2.38. The van der Waals surface area contributed by atoms with Crippen LogP contribution in [0.15, 0.2) is 24.3 Å². The lowest BCUT2D eigenvalue weighted by Gasteiger charge is -2.21. The molecule has 1 aliphatic rings. The number of carbonyl (C=O) groups is 1. The number of carbonyl (C=O) groups excluding carboxylic acids is 1. The number of halogens is 1. The highest BCUT2D eigenvalue weighted by Crippen LogP contribution is 2.28. The summed E-state index contributed by atoms with van der Waals surface area (Å²) in [5.74, 6) is -0.160. The van der Waals surface area contributed by atoms with Gasteiger partial charge in [0.25, 0.3) is 0 Å². The van der Waals surface area contributed by atoms with E-state index in [1.807, 2.05) is 6.92 Å². The van der Waals surface area contributed by atoms with E-state index in [4.69, 9.17) is 0 Å². The lowest BCUT2D eigenvalue weighted by atomic mass is 10.2. The average molecular weight is 250 g/mol. The highest BCUT2D eigenvalue weighted by atomic mass is 19.1. The van der Waals surface area contributed by atoms with Crippen molar-refractivity contribution >= 4 is 5.91 Å². The molecule has 0 bridgehead atoms. The third-order valence-electron chi connectivity index (χ3n) is 3.08. The summed E-state index contributed by atoms with van der Waals surface area (Å²) in [6, 6.07) is 7.00. The predicted molar refractivity (Wildman–Crippen MR) is 68.5 cm³/mol. The smallest absolute Gasteiger partial charge is 0.234 e. The van der Waals surface area contributed by atoms with E-state index in [1.165, 1.54) is 12.1 Å². The van der Waals surface area contributed by atoms with Crippen molar-refractivity contribution in [3.63, 3.8) is 0 Å². The Morgan fingerprint density at radius 3 is 2.61 bits per heavy atom. The fourth-order valence-electron chi connectivity index (χ4n) is 2.02. The second-order valence-electron chi connectivity index (χ2n) is 4.72. The molecule has 0 saturated heterocycles. The van der Waals surface area contributed by atoms with Gasteiger partial charge in [0.05, 0.1) is 6.54 Å². The van der Waals surface area contributed by atoms with Gasteiger partial charge < -0.3 is 5.32 Å². The number of benzene rings is 1. The molecular weight excluding hydrogens is 231 g/mol. The van der Waals surface area contributed by atoms with Gasteiger partial charge in [-0.1, -0.05) is 12.1 Å². The Bertz CT molecular complexity index is 401. The molecule has 0 aromatic heterocycles. The van der Waals surface area contributed by atoms with Crippen LogP contribution in [0.4, 0.5) is 4.39 Å².